The van der Waals surface area contributed by atoms with E-state index < -0.39 is 0 Å². The molecule has 0 fully saturated rings. The van der Waals surface area contributed by atoms with E-state index >= 15 is 0 Å². The largest absolute Gasteiger partial charge is 0.491 e. The Morgan fingerprint density at radius 1 is 1.38 bits per heavy atom. The Hall–Kier alpha value is -2.57. The van der Waals surface area contributed by atoms with Crippen LogP contribution in [0.2, 0.25) is 0 Å². The molecule has 2 N–H and O–H groups in total. The van der Waals surface area contributed by atoms with Crippen LogP contribution in [0.5, 0.6) is 5.75 Å². The minimum absolute atomic E-state index is 0.121. The number of aromatic nitrogens is 3. The number of benzene rings is 1. The average Bonchev–Trinajstić information content (AvgIpc) is 3.11. The number of anilines is 1. The zero-order chi connectivity index (χ0) is 17.1. The maximum absolute atomic E-state index is 12.1. The van der Waals surface area contributed by atoms with Gasteiger partial charge in [0.25, 0.3) is 0 Å². The van der Waals surface area contributed by atoms with Crippen LogP contribution in [-0.4, -0.2) is 26.9 Å². The van der Waals surface area contributed by atoms with E-state index in [2.05, 4.69) is 25.4 Å². The van der Waals surface area contributed by atoms with E-state index in [0.717, 1.165) is 48.0 Å². The van der Waals surface area contributed by atoms with E-state index in [-0.39, 0.29) is 12.1 Å². The quantitative estimate of drug-likeness (QED) is 0.883. The number of fused-ring (bicyclic) bond motifs is 1. The summed E-state index contributed by atoms with van der Waals surface area (Å²) in [6, 6.07) is 5.34. The molecule has 7 heteroatoms. The Bertz CT molecular complexity index is 739. The van der Waals surface area contributed by atoms with Gasteiger partial charge in [-0.2, -0.15) is 0 Å². The first-order valence-corrected chi connectivity index (χ1v) is 8.26. The van der Waals surface area contributed by atoms with Gasteiger partial charge < -0.3 is 19.9 Å². The van der Waals surface area contributed by atoms with Gasteiger partial charge in [-0.3, -0.25) is 0 Å². The minimum Gasteiger partial charge on any atom is -0.491 e. The summed E-state index contributed by atoms with van der Waals surface area (Å²) in [6.07, 6.45) is 2.17. The van der Waals surface area contributed by atoms with Gasteiger partial charge in [0.2, 0.25) is 0 Å². The van der Waals surface area contributed by atoms with Crippen LogP contribution >= 0.6 is 0 Å². The van der Waals surface area contributed by atoms with E-state index in [1.54, 1.807) is 0 Å². The van der Waals surface area contributed by atoms with Crippen molar-refractivity contribution in [2.45, 2.75) is 52.8 Å². The summed E-state index contributed by atoms with van der Waals surface area (Å²) in [5.74, 6) is 2.63. The van der Waals surface area contributed by atoms with Gasteiger partial charge in [0.1, 0.15) is 11.6 Å². The maximum atomic E-state index is 12.1. The first-order chi connectivity index (χ1) is 11.5. The molecule has 1 aromatic carbocycles. The van der Waals surface area contributed by atoms with Gasteiger partial charge in [0.05, 0.1) is 12.6 Å². The van der Waals surface area contributed by atoms with Crippen molar-refractivity contribution in [3.05, 3.63) is 35.4 Å². The highest BCUT2D eigenvalue weighted by molar-refractivity contribution is 5.89. The lowest BCUT2D eigenvalue weighted by Gasteiger charge is -2.14. The topological polar surface area (TPSA) is 81.1 Å². The van der Waals surface area contributed by atoms with Gasteiger partial charge in [0, 0.05) is 18.7 Å². The van der Waals surface area contributed by atoms with Crippen molar-refractivity contribution < 1.29 is 9.53 Å². The molecule has 0 saturated carbocycles. The molecule has 3 rings (SSSR count). The Balaban J connectivity index is 1.55. The molecule has 0 unspecified atom stereocenters. The SMILES string of the molecule is Cc1cc(NC(=O)NCc2nnc3n2CCC3)ccc1OC(C)C. The van der Waals surface area contributed by atoms with Crippen LogP contribution in [0.25, 0.3) is 0 Å². The summed E-state index contributed by atoms with van der Waals surface area (Å²) in [6.45, 7) is 7.23. The molecule has 0 spiro atoms. The standard InChI is InChI=1S/C17H23N5O2/c1-11(2)24-14-7-6-13(9-12(14)3)19-17(23)18-10-16-21-20-15-5-4-8-22(15)16/h6-7,9,11H,4-5,8,10H2,1-3H3,(H2,18,19,23). The number of hydrogen-bond donors (Lipinski definition) is 2. The first-order valence-electron chi connectivity index (χ1n) is 8.26. The van der Waals surface area contributed by atoms with E-state index in [1.807, 2.05) is 39.0 Å². The Morgan fingerprint density at radius 3 is 2.96 bits per heavy atom. The summed E-state index contributed by atoms with van der Waals surface area (Å²) >= 11 is 0. The lowest BCUT2D eigenvalue weighted by atomic mass is 10.2. The van der Waals surface area contributed by atoms with Gasteiger partial charge >= 0.3 is 6.03 Å². The van der Waals surface area contributed by atoms with Gasteiger partial charge in [-0.25, -0.2) is 4.79 Å². The summed E-state index contributed by atoms with van der Waals surface area (Å²) < 4.78 is 7.77. The number of rotatable bonds is 5. The minimum atomic E-state index is -0.262. The monoisotopic (exact) mass is 329 g/mol. The van der Waals surface area contributed by atoms with Crippen LogP contribution in [0.3, 0.4) is 0 Å². The number of nitrogens with zero attached hydrogens (tertiary/aromatic N) is 3. The molecule has 1 aromatic heterocycles. The summed E-state index contributed by atoms with van der Waals surface area (Å²) in [4.78, 5) is 12.1. The molecule has 7 nitrogen and oxygen atoms in total. The average molecular weight is 329 g/mol. The molecule has 0 aliphatic carbocycles. The fourth-order valence-corrected chi connectivity index (χ4v) is 2.79. The van der Waals surface area contributed by atoms with Crippen molar-refractivity contribution in [1.29, 1.82) is 0 Å². The molecule has 2 amide bonds. The van der Waals surface area contributed by atoms with Gasteiger partial charge in [-0.15, -0.1) is 10.2 Å². The summed E-state index contributed by atoms with van der Waals surface area (Å²) in [5, 5.41) is 13.9. The van der Waals surface area contributed by atoms with Gasteiger partial charge in [-0.05, 0) is 51.0 Å². The first kappa shape index (κ1) is 16.3. The summed E-state index contributed by atoms with van der Waals surface area (Å²) in [5.41, 5.74) is 1.71. The van der Waals surface area contributed by atoms with Crippen LogP contribution in [0, 0.1) is 6.92 Å². The molecule has 0 saturated heterocycles. The highest BCUT2D eigenvalue weighted by atomic mass is 16.5. The van der Waals surface area contributed by atoms with Crippen LogP contribution in [-0.2, 0) is 19.5 Å². The van der Waals surface area contributed by atoms with Crippen LogP contribution in [0.1, 0.15) is 37.5 Å². The van der Waals surface area contributed by atoms with Crippen molar-refractivity contribution in [3.63, 3.8) is 0 Å². The molecule has 0 atom stereocenters. The van der Waals surface area contributed by atoms with E-state index in [1.165, 1.54) is 0 Å². The predicted octanol–water partition coefficient (Wildman–Crippen LogP) is 2.64. The lowest BCUT2D eigenvalue weighted by molar-refractivity contribution is 0.240. The third kappa shape index (κ3) is 3.67. The van der Waals surface area contributed by atoms with E-state index in [9.17, 15) is 4.79 Å². The predicted molar refractivity (Wildman–Crippen MR) is 91.1 cm³/mol. The molecule has 0 radical (unpaired) electrons. The van der Waals surface area contributed by atoms with Crippen molar-refractivity contribution in [2.24, 2.45) is 0 Å². The Labute approximate surface area is 141 Å². The fraction of sp³-hybridized carbons (Fsp3) is 0.471. The molecular formula is C17H23N5O2. The van der Waals surface area contributed by atoms with Crippen LogP contribution in [0.4, 0.5) is 10.5 Å². The third-order valence-corrected chi connectivity index (χ3v) is 3.89. The normalized spacial score (nSPS) is 13.0. The van der Waals surface area contributed by atoms with Gasteiger partial charge in [-0.1, -0.05) is 0 Å². The Kier molecular flexibility index (Phi) is 4.69. The number of ether oxygens (including phenoxy) is 1. The molecule has 24 heavy (non-hydrogen) atoms. The fourth-order valence-electron chi connectivity index (χ4n) is 2.79. The second kappa shape index (κ2) is 6.90. The molecule has 2 aromatic rings. The van der Waals surface area contributed by atoms with Crippen LogP contribution < -0.4 is 15.4 Å². The third-order valence-electron chi connectivity index (χ3n) is 3.89. The lowest BCUT2D eigenvalue weighted by Crippen LogP contribution is -2.29. The number of carbonyl (C=O) groups is 1. The van der Waals surface area contributed by atoms with Crippen molar-refractivity contribution in [1.82, 2.24) is 20.1 Å². The second-order valence-corrected chi connectivity index (χ2v) is 6.24. The molecule has 0 bridgehead atoms. The number of aryl methyl sites for hydroxylation is 2. The second-order valence-electron chi connectivity index (χ2n) is 6.24. The number of nitrogens with one attached hydrogen (secondary N) is 2. The molecule has 128 valence electrons. The number of urea groups is 1. The molecule has 1 aliphatic rings. The summed E-state index contributed by atoms with van der Waals surface area (Å²) in [7, 11) is 0. The molecular weight excluding hydrogens is 306 g/mol. The molecule has 2 heterocycles. The number of carbonyl (C=O) groups excluding carboxylic acids is 1. The van der Waals surface area contributed by atoms with E-state index in [0.29, 0.717) is 6.54 Å². The zero-order valence-electron chi connectivity index (χ0n) is 14.3. The highest BCUT2D eigenvalue weighted by Crippen LogP contribution is 2.23. The Morgan fingerprint density at radius 2 is 2.21 bits per heavy atom. The highest BCUT2D eigenvalue weighted by Gasteiger charge is 2.17. The maximum Gasteiger partial charge on any atom is 0.319 e. The van der Waals surface area contributed by atoms with Crippen molar-refractivity contribution in [3.8, 4) is 5.75 Å². The van der Waals surface area contributed by atoms with Crippen molar-refractivity contribution >= 4 is 11.7 Å². The number of hydrogen-bond acceptors (Lipinski definition) is 4. The van der Waals surface area contributed by atoms with Crippen LogP contribution in [0.15, 0.2) is 18.2 Å². The smallest absolute Gasteiger partial charge is 0.319 e. The van der Waals surface area contributed by atoms with Crippen molar-refractivity contribution in [2.75, 3.05) is 5.32 Å². The van der Waals surface area contributed by atoms with Gasteiger partial charge in [0.15, 0.2) is 5.82 Å². The molecule has 1 aliphatic heterocycles. The van der Waals surface area contributed by atoms with E-state index in [4.69, 9.17) is 4.74 Å². The zero-order valence-corrected chi connectivity index (χ0v) is 14.3. The number of amides is 2.